The minimum Gasteiger partial charge on any atom is -0.357 e. The Morgan fingerprint density at radius 3 is 2.52 bits per heavy atom. The molecule has 1 N–H and O–H groups in total. The topological polar surface area (TPSA) is 65.8 Å². The number of amides is 1. The largest absolute Gasteiger partial charge is 0.406 e. The van der Waals surface area contributed by atoms with E-state index in [1.807, 2.05) is 43.5 Å². The first-order chi connectivity index (χ1) is 13.7. The van der Waals surface area contributed by atoms with E-state index in [1.165, 1.54) is 0 Å². The zero-order valence-corrected chi connectivity index (χ0v) is 16.6. The Labute approximate surface area is 167 Å². The van der Waals surface area contributed by atoms with Gasteiger partial charge in [-0.25, -0.2) is 9.67 Å². The highest BCUT2D eigenvalue weighted by atomic mass is 19.4. The molecule has 1 aromatic carbocycles. The number of aliphatic imine (C=N–C) groups is 1. The van der Waals surface area contributed by atoms with E-state index in [1.54, 1.807) is 22.8 Å². The van der Waals surface area contributed by atoms with Crippen LogP contribution in [0.4, 0.5) is 13.2 Å². The first-order valence-electron chi connectivity index (χ1n) is 9.08. The maximum absolute atomic E-state index is 12.4. The fourth-order valence-corrected chi connectivity index (χ4v) is 2.60. The molecule has 0 atom stereocenters. The number of nitrogens with zero attached hydrogens (tertiary/aromatic N) is 5. The highest BCUT2D eigenvalue weighted by Gasteiger charge is 2.31. The van der Waals surface area contributed by atoms with Crippen LogP contribution in [0, 0.1) is 0 Å². The van der Waals surface area contributed by atoms with Crippen LogP contribution in [0.3, 0.4) is 0 Å². The molecule has 0 bridgehead atoms. The molecule has 1 amide bonds. The second-order valence-corrected chi connectivity index (χ2v) is 6.52. The Morgan fingerprint density at radius 2 is 1.90 bits per heavy atom. The van der Waals surface area contributed by atoms with Crippen molar-refractivity contribution in [2.75, 3.05) is 33.7 Å². The minimum absolute atomic E-state index is 0.372. The first-order valence-corrected chi connectivity index (χ1v) is 9.08. The van der Waals surface area contributed by atoms with Crippen molar-refractivity contribution in [3.63, 3.8) is 0 Å². The monoisotopic (exact) mass is 410 g/mol. The van der Waals surface area contributed by atoms with Gasteiger partial charge in [0.1, 0.15) is 13.1 Å². The zero-order valence-electron chi connectivity index (χ0n) is 16.6. The standard InChI is InChI=1S/C19H25F3N6O/c1-4-23-18(24-11-17(29)27(3)14-19(20,21)22)26(2)12-15-10-25-28(13-15)16-8-6-5-7-9-16/h5-10,13H,4,11-12,14H2,1-3H3,(H,23,24). The molecule has 29 heavy (non-hydrogen) atoms. The number of halogens is 3. The fraction of sp³-hybridized carbons (Fsp3) is 0.421. The van der Waals surface area contributed by atoms with Crippen molar-refractivity contribution in [1.29, 1.82) is 0 Å². The second kappa shape index (κ2) is 9.94. The zero-order chi connectivity index (χ0) is 21.4. The summed E-state index contributed by atoms with van der Waals surface area (Å²) in [5, 5.41) is 7.38. The van der Waals surface area contributed by atoms with Crippen LogP contribution in [0.1, 0.15) is 12.5 Å². The summed E-state index contributed by atoms with van der Waals surface area (Å²) >= 11 is 0. The Kier molecular flexibility index (Phi) is 7.63. The highest BCUT2D eigenvalue weighted by molar-refractivity contribution is 5.84. The molecule has 0 aliphatic rings. The number of hydrogen-bond donors (Lipinski definition) is 1. The number of rotatable bonds is 7. The van der Waals surface area contributed by atoms with Crippen LogP contribution in [0.5, 0.6) is 0 Å². The molecule has 2 aromatic rings. The Morgan fingerprint density at radius 1 is 1.21 bits per heavy atom. The van der Waals surface area contributed by atoms with Gasteiger partial charge in [-0.15, -0.1) is 0 Å². The van der Waals surface area contributed by atoms with Gasteiger partial charge in [-0.1, -0.05) is 18.2 Å². The van der Waals surface area contributed by atoms with Gasteiger partial charge in [0, 0.05) is 38.9 Å². The summed E-state index contributed by atoms with van der Waals surface area (Å²) in [7, 11) is 2.89. The molecule has 0 aliphatic carbocycles. The molecule has 0 unspecified atom stereocenters. The molecule has 0 radical (unpaired) electrons. The van der Waals surface area contributed by atoms with Crippen molar-refractivity contribution < 1.29 is 18.0 Å². The van der Waals surface area contributed by atoms with Gasteiger partial charge in [0.2, 0.25) is 5.91 Å². The fourth-order valence-electron chi connectivity index (χ4n) is 2.60. The lowest BCUT2D eigenvalue weighted by atomic mass is 10.3. The van der Waals surface area contributed by atoms with Gasteiger partial charge in [-0.3, -0.25) is 4.79 Å². The van der Waals surface area contributed by atoms with Crippen molar-refractivity contribution >= 4 is 11.9 Å². The lowest BCUT2D eigenvalue weighted by Gasteiger charge is -2.22. The molecule has 1 aromatic heterocycles. The second-order valence-electron chi connectivity index (χ2n) is 6.52. The smallest absolute Gasteiger partial charge is 0.357 e. The summed E-state index contributed by atoms with van der Waals surface area (Å²) in [6.45, 7) is 1.22. The molecule has 7 nitrogen and oxygen atoms in total. The lowest BCUT2D eigenvalue weighted by Crippen LogP contribution is -2.40. The number of likely N-dealkylation sites (N-methyl/N-ethyl adjacent to an activating group) is 1. The van der Waals surface area contributed by atoms with E-state index >= 15 is 0 Å². The molecular weight excluding hydrogens is 385 g/mol. The van der Waals surface area contributed by atoms with Crippen molar-refractivity contribution in [2.24, 2.45) is 4.99 Å². The van der Waals surface area contributed by atoms with Gasteiger partial charge in [-0.2, -0.15) is 18.3 Å². The SMILES string of the molecule is CCNC(=NCC(=O)N(C)CC(F)(F)F)N(C)Cc1cnn(-c2ccccc2)c1. The number of carbonyl (C=O) groups excluding carboxylic acids is 1. The van der Waals surface area contributed by atoms with Gasteiger partial charge in [0.15, 0.2) is 5.96 Å². The summed E-state index contributed by atoms with van der Waals surface area (Å²) in [6, 6.07) is 9.65. The van der Waals surface area contributed by atoms with E-state index < -0.39 is 18.6 Å². The maximum Gasteiger partial charge on any atom is 0.406 e. The number of hydrogen-bond acceptors (Lipinski definition) is 3. The molecule has 158 valence electrons. The van der Waals surface area contributed by atoms with Crippen molar-refractivity contribution in [1.82, 2.24) is 24.9 Å². The predicted molar refractivity (Wildman–Crippen MR) is 105 cm³/mol. The predicted octanol–water partition coefficient (Wildman–Crippen LogP) is 2.29. The van der Waals surface area contributed by atoms with E-state index in [0.717, 1.165) is 18.3 Å². The van der Waals surface area contributed by atoms with Crippen molar-refractivity contribution in [3.8, 4) is 5.69 Å². The van der Waals surface area contributed by atoms with Crippen LogP contribution in [0.25, 0.3) is 5.69 Å². The molecule has 1 heterocycles. The average molecular weight is 410 g/mol. The van der Waals surface area contributed by atoms with Gasteiger partial charge in [-0.05, 0) is 19.1 Å². The third-order valence-electron chi connectivity index (χ3n) is 3.98. The van der Waals surface area contributed by atoms with E-state index in [0.29, 0.717) is 23.9 Å². The molecule has 10 heteroatoms. The van der Waals surface area contributed by atoms with Crippen LogP contribution in [0.2, 0.25) is 0 Å². The Bertz CT molecular complexity index is 819. The van der Waals surface area contributed by atoms with Crippen molar-refractivity contribution in [3.05, 3.63) is 48.3 Å². The van der Waals surface area contributed by atoms with Gasteiger partial charge < -0.3 is 15.1 Å². The molecule has 0 aliphatic heterocycles. The number of guanidine groups is 1. The number of para-hydroxylation sites is 1. The third kappa shape index (κ3) is 7.13. The lowest BCUT2D eigenvalue weighted by molar-refractivity contribution is -0.157. The van der Waals surface area contributed by atoms with E-state index in [4.69, 9.17) is 0 Å². The molecule has 0 saturated heterocycles. The summed E-state index contributed by atoms with van der Waals surface area (Å²) in [4.78, 5) is 18.5. The first kappa shape index (κ1) is 22.3. The summed E-state index contributed by atoms with van der Waals surface area (Å²) in [5.41, 5.74) is 1.85. The van der Waals surface area contributed by atoms with Gasteiger partial charge in [0.25, 0.3) is 0 Å². The van der Waals surface area contributed by atoms with Gasteiger partial charge >= 0.3 is 6.18 Å². The van der Waals surface area contributed by atoms with Crippen LogP contribution in [-0.4, -0.2) is 71.4 Å². The molecule has 0 spiro atoms. The summed E-state index contributed by atoms with van der Waals surface area (Å²) in [6.07, 6.45) is -0.818. The quantitative estimate of drug-likeness (QED) is 0.562. The Balaban J connectivity index is 2.01. The molecule has 2 rings (SSSR count). The summed E-state index contributed by atoms with van der Waals surface area (Å²) in [5.74, 6) is -0.281. The van der Waals surface area contributed by atoms with Crippen LogP contribution in [-0.2, 0) is 11.3 Å². The van der Waals surface area contributed by atoms with Crippen LogP contribution in [0.15, 0.2) is 47.7 Å². The van der Waals surface area contributed by atoms with E-state index in [9.17, 15) is 18.0 Å². The highest BCUT2D eigenvalue weighted by Crippen LogP contribution is 2.15. The Hall–Kier alpha value is -3.04. The number of benzene rings is 1. The summed E-state index contributed by atoms with van der Waals surface area (Å²) < 4.78 is 39.0. The normalized spacial score (nSPS) is 12.0. The van der Waals surface area contributed by atoms with E-state index in [-0.39, 0.29) is 6.54 Å². The molecular formula is C19H25F3N6O. The minimum atomic E-state index is -4.44. The number of carbonyl (C=O) groups is 1. The molecule has 0 saturated carbocycles. The van der Waals surface area contributed by atoms with E-state index in [2.05, 4.69) is 15.4 Å². The third-order valence-corrected chi connectivity index (χ3v) is 3.98. The van der Waals surface area contributed by atoms with Crippen LogP contribution < -0.4 is 5.32 Å². The van der Waals surface area contributed by atoms with Crippen molar-refractivity contribution in [2.45, 2.75) is 19.6 Å². The molecule has 0 fully saturated rings. The average Bonchev–Trinajstić information content (AvgIpc) is 3.12. The number of aromatic nitrogens is 2. The van der Waals surface area contributed by atoms with Gasteiger partial charge in [0.05, 0.1) is 11.9 Å². The number of nitrogens with one attached hydrogen (secondary N) is 1. The number of alkyl halides is 3. The van der Waals surface area contributed by atoms with Crippen LogP contribution >= 0.6 is 0 Å². The maximum atomic E-state index is 12.4.